The van der Waals surface area contributed by atoms with Gasteiger partial charge in [-0.05, 0) is 35.2 Å². The van der Waals surface area contributed by atoms with Crippen molar-refractivity contribution in [3.8, 4) is 5.75 Å². The maximum atomic E-state index is 13.5. The average molecular weight is 482 g/mol. The molecular formula is C26H27NO6S. The van der Waals surface area contributed by atoms with Gasteiger partial charge in [-0.25, -0.2) is 13.2 Å². The number of ether oxygens (including phenoxy) is 2. The third-order valence-electron chi connectivity index (χ3n) is 5.22. The minimum absolute atomic E-state index is 0.116. The Morgan fingerprint density at radius 2 is 1.56 bits per heavy atom. The summed E-state index contributed by atoms with van der Waals surface area (Å²) in [6.07, 6.45) is 0. The molecule has 0 bridgehead atoms. The Hall–Kier alpha value is -3.65. The first-order valence-electron chi connectivity index (χ1n) is 10.5. The molecule has 0 aliphatic heterocycles. The van der Waals surface area contributed by atoms with Crippen molar-refractivity contribution >= 4 is 27.5 Å². The number of hydrogen-bond donors (Lipinski definition) is 1. The van der Waals surface area contributed by atoms with E-state index in [1.165, 1.54) is 32.4 Å². The van der Waals surface area contributed by atoms with E-state index in [0.29, 0.717) is 22.6 Å². The summed E-state index contributed by atoms with van der Waals surface area (Å²) in [5.74, 6) is -0.714. The van der Waals surface area contributed by atoms with Crippen molar-refractivity contribution in [1.29, 1.82) is 0 Å². The van der Waals surface area contributed by atoms with Crippen molar-refractivity contribution in [3.05, 3.63) is 89.0 Å². The molecule has 3 aromatic carbocycles. The third kappa shape index (κ3) is 5.28. The van der Waals surface area contributed by atoms with E-state index in [1.54, 1.807) is 48.5 Å². The summed E-state index contributed by atoms with van der Waals surface area (Å²) in [5, 5.41) is 0. The predicted molar refractivity (Wildman–Crippen MR) is 130 cm³/mol. The molecule has 8 heteroatoms. The number of anilines is 1. The first-order chi connectivity index (χ1) is 16.0. The Bertz CT molecular complexity index is 1330. The molecule has 0 radical (unpaired) electrons. The molecule has 1 N–H and O–H groups in total. The number of rotatable bonds is 7. The lowest BCUT2D eigenvalue weighted by Gasteiger charge is -2.25. The van der Waals surface area contributed by atoms with Gasteiger partial charge in [-0.15, -0.1) is 0 Å². The monoisotopic (exact) mass is 481 g/mol. The molecule has 0 aliphatic carbocycles. The molecule has 7 nitrogen and oxygen atoms in total. The summed E-state index contributed by atoms with van der Waals surface area (Å²) in [7, 11) is -1.45. The number of esters is 1. The normalized spacial score (nSPS) is 11.6. The molecule has 0 fully saturated rings. The van der Waals surface area contributed by atoms with Crippen LogP contribution in [0.15, 0.2) is 71.6 Å². The zero-order chi connectivity index (χ0) is 25.1. The fraction of sp³-hybridized carbons (Fsp3) is 0.231. The summed E-state index contributed by atoms with van der Waals surface area (Å²) in [4.78, 5) is 26.1. The van der Waals surface area contributed by atoms with E-state index >= 15 is 0 Å². The second-order valence-corrected chi connectivity index (χ2v) is 10.3. The zero-order valence-corrected chi connectivity index (χ0v) is 20.5. The Morgan fingerprint density at radius 3 is 2.15 bits per heavy atom. The van der Waals surface area contributed by atoms with E-state index in [0.717, 1.165) is 0 Å². The van der Waals surface area contributed by atoms with Gasteiger partial charge in [0.15, 0.2) is 5.78 Å². The molecule has 0 spiro atoms. The van der Waals surface area contributed by atoms with Crippen LogP contribution in [-0.2, 0) is 20.2 Å². The SMILES string of the molecule is COC(=O)c1cc(S(=O)(=O)Nc2cccc(OC)c2)cc(C(C)(C)C)c1C(=O)c1ccccc1. The van der Waals surface area contributed by atoms with E-state index in [-0.39, 0.29) is 16.0 Å². The van der Waals surface area contributed by atoms with E-state index in [1.807, 2.05) is 20.8 Å². The second kappa shape index (κ2) is 9.69. The number of hydrogen-bond acceptors (Lipinski definition) is 6. The summed E-state index contributed by atoms with van der Waals surface area (Å²) in [6, 6.07) is 17.6. The number of ketones is 1. The van der Waals surface area contributed by atoms with Crippen LogP contribution in [0.4, 0.5) is 5.69 Å². The number of methoxy groups -OCH3 is 2. The highest BCUT2D eigenvalue weighted by molar-refractivity contribution is 7.92. The van der Waals surface area contributed by atoms with Crippen LogP contribution in [0.3, 0.4) is 0 Å². The molecule has 3 aromatic rings. The van der Waals surface area contributed by atoms with Gasteiger partial charge in [-0.3, -0.25) is 9.52 Å². The number of sulfonamides is 1. The minimum Gasteiger partial charge on any atom is -0.497 e. The molecular weight excluding hydrogens is 454 g/mol. The number of benzene rings is 3. The first kappa shape index (κ1) is 25.0. The van der Waals surface area contributed by atoms with Gasteiger partial charge in [0.2, 0.25) is 0 Å². The van der Waals surface area contributed by atoms with Crippen molar-refractivity contribution in [2.45, 2.75) is 31.1 Å². The van der Waals surface area contributed by atoms with Crippen LogP contribution < -0.4 is 9.46 Å². The van der Waals surface area contributed by atoms with Gasteiger partial charge in [-0.2, -0.15) is 0 Å². The predicted octanol–water partition coefficient (Wildman–Crippen LogP) is 4.81. The number of nitrogens with one attached hydrogen (secondary N) is 1. The largest absolute Gasteiger partial charge is 0.497 e. The van der Waals surface area contributed by atoms with Crippen LogP contribution >= 0.6 is 0 Å². The van der Waals surface area contributed by atoms with Crippen molar-refractivity contribution in [2.24, 2.45) is 0 Å². The summed E-state index contributed by atoms with van der Waals surface area (Å²) in [6.45, 7) is 5.53. The van der Waals surface area contributed by atoms with Gasteiger partial charge >= 0.3 is 5.97 Å². The molecule has 0 saturated heterocycles. The van der Waals surface area contributed by atoms with Gasteiger partial charge in [0, 0.05) is 17.2 Å². The van der Waals surface area contributed by atoms with E-state index in [9.17, 15) is 18.0 Å². The molecule has 0 aromatic heterocycles. The Kier molecular flexibility index (Phi) is 7.12. The lowest BCUT2D eigenvalue weighted by molar-refractivity contribution is 0.0597. The fourth-order valence-electron chi connectivity index (χ4n) is 3.51. The molecule has 3 rings (SSSR count). The molecule has 0 atom stereocenters. The standard InChI is InChI=1S/C26H27NO6S/c1-26(2,3)22-16-20(34(30,31)27-18-12-9-13-19(14-18)32-4)15-21(25(29)33-5)23(22)24(28)17-10-7-6-8-11-17/h6-16,27H,1-5H3. The maximum absolute atomic E-state index is 13.5. The maximum Gasteiger partial charge on any atom is 0.338 e. The van der Waals surface area contributed by atoms with E-state index in [4.69, 9.17) is 9.47 Å². The Balaban J connectivity index is 2.24. The Morgan fingerprint density at radius 1 is 0.882 bits per heavy atom. The third-order valence-corrected chi connectivity index (χ3v) is 6.58. The van der Waals surface area contributed by atoms with Gasteiger partial charge in [-0.1, -0.05) is 57.2 Å². The molecule has 0 aliphatic rings. The van der Waals surface area contributed by atoms with Gasteiger partial charge in [0.1, 0.15) is 5.75 Å². The zero-order valence-electron chi connectivity index (χ0n) is 19.7. The molecule has 34 heavy (non-hydrogen) atoms. The summed E-state index contributed by atoms with van der Waals surface area (Å²) < 4.78 is 39.2. The van der Waals surface area contributed by atoms with Crippen molar-refractivity contribution in [2.75, 3.05) is 18.9 Å². The van der Waals surface area contributed by atoms with Gasteiger partial charge < -0.3 is 9.47 Å². The quantitative estimate of drug-likeness (QED) is 0.384. The summed E-state index contributed by atoms with van der Waals surface area (Å²) >= 11 is 0. The fourth-order valence-corrected chi connectivity index (χ4v) is 4.61. The smallest absolute Gasteiger partial charge is 0.338 e. The van der Waals surface area contributed by atoms with Gasteiger partial charge in [0.25, 0.3) is 10.0 Å². The molecule has 178 valence electrons. The van der Waals surface area contributed by atoms with Crippen LogP contribution in [0.2, 0.25) is 0 Å². The molecule has 0 amide bonds. The first-order valence-corrected chi connectivity index (χ1v) is 12.0. The van der Waals surface area contributed by atoms with Crippen LogP contribution in [0.1, 0.15) is 52.6 Å². The highest BCUT2D eigenvalue weighted by atomic mass is 32.2. The number of carbonyl (C=O) groups is 2. The van der Waals surface area contributed by atoms with Crippen LogP contribution in [0.25, 0.3) is 0 Å². The molecule has 0 saturated carbocycles. The van der Waals surface area contributed by atoms with Crippen molar-refractivity contribution < 1.29 is 27.5 Å². The van der Waals surface area contributed by atoms with E-state index < -0.39 is 27.2 Å². The lowest BCUT2D eigenvalue weighted by atomic mass is 9.80. The van der Waals surface area contributed by atoms with Crippen molar-refractivity contribution in [3.63, 3.8) is 0 Å². The van der Waals surface area contributed by atoms with E-state index in [2.05, 4.69) is 4.72 Å². The molecule has 0 unspecified atom stereocenters. The number of carbonyl (C=O) groups excluding carboxylic acids is 2. The summed E-state index contributed by atoms with van der Waals surface area (Å²) in [5.41, 5.74) is 0.421. The Labute approximate surface area is 199 Å². The van der Waals surface area contributed by atoms with Crippen molar-refractivity contribution in [1.82, 2.24) is 0 Å². The molecule has 0 heterocycles. The van der Waals surface area contributed by atoms with Crippen LogP contribution in [0.5, 0.6) is 5.75 Å². The second-order valence-electron chi connectivity index (χ2n) is 8.67. The van der Waals surface area contributed by atoms with Crippen LogP contribution in [0, 0.1) is 0 Å². The minimum atomic E-state index is -4.12. The lowest BCUT2D eigenvalue weighted by Crippen LogP contribution is -2.24. The highest BCUT2D eigenvalue weighted by Gasteiger charge is 2.31. The average Bonchev–Trinajstić information content (AvgIpc) is 2.82. The van der Waals surface area contributed by atoms with Crippen LogP contribution in [-0.4, -0.2) is 34.4 Å². The van der Waals surface area contributed by atoms with Gasteiger partial charge in [0.05, 0.1) is 30.4 Å². The highest BCUT2D eigenvalue weighted by Crippen LogP contribution is 2.34. The topological polar surface area (TPSA) is 98.8 Å².